The number of amides is 1. The number of aromatic nitrogens is 4. The monoisotopic (exact) mass is 897 g/mol. The molecule has 0 atom stereocenters. The summed E-state index contributed by atoms with van der Waals surface area (Å²) in [6.45, 7) is 10.8. The fourth-order valence-corrected chi connectivity index (χ4v) is 7.99. The highest BCUT2D eigenvalue weighted by Gasteiger charge is 2.31. The summed E-state index contributed by atoms with van der Waals surface area (Å²) in [6.07, 6.45) is 12.6. The molecule has 0 spiro atoms. The van der Waals surface area contributed by atoms with E-state index in [4.69, 9.17) is 33.0 Å². The zero-order valence-electron chi connectivity index (χ0n) is 35.6. The lowest BCUT2D eigenvalue weighted by Crippen LogP contribution is -2.51. The number of hydrogen-bond donors (Lipinski definition) is 3. The number of halogens is 2. The second kappa shape index (κ2) is 19.3. The van der Waals surface area contributed by atoms with Gasteiger partial charge in [0.2, 0.25) is 28.0 Å². The van der Waals surface area contributed by atoms with E-state index in [-0.39, 0.29) is 24.5 Å². The third-order valence-electron chi connectivity index (χ3n) is 10.1. The molecule has 3 N–H and O–H groups in total. The van der Waals surface area contributed by atoms with Crippen molar-refractivity contribution in [3.8, 4) is 44.5 Å². The van der Waals surface area contributed by atoms with E-state index in [2.05, 4.69) is 41.5 Å². The van der Waals surface area contributed by atoms with Crippen molar-refractivity contribution in [3.05, 3.63) is 137 Å². The highest BCUT2D eigenvalue weighted by Crippen LogP contribution is 2.35. The molecule has 324 valence electrons. The van der Waals surface area contributed by atoms with Gasteiger partial charge in [-0.1, -0.05) is 56.1 Å². The van der Waals surface area contributed by atoms with Crippen molar-refractivity contribution in [1.29, 1.82) is 0 Å². The Morgan fingerprint density at radius 3 is 1.92 bits per heavy atom. The summed E-state index contributed by atoms with van der Waals surface area (Å²) < 4.78 is 27.6. The molecule has 0 saturated heterocycles. The second-order valence-corrected chi connectivity index (χ2v) is 19.1. The molecule has 0 saturated carbocycles. The van der Waals surface area contributed by atoms with Crippen molar-refractivity contribution in [3.63, 3.8) is 0 Å². The molecule has 62 heavy (non-hydrogen) atoms. The van der Waals surface area contributed by atoms with Crippen LogP contribution in [0.25, 0.3) is 44.5 Å². The Morgan fingerprint density at radius 1 is 0.726 bits per heavy atom. The Bertz CT molecular complexity index is 2680. The first-order valence-corrected chi connectivity index (χ1v) is 22.7. The van der Waals surface area contributed by atoms with Gasteiger partial charge >= 0.3 is 0 Å². The van der Waals surface area contributed by atoms with Crippen LogP contribution < -0.4 is 14.3 Å². The second-order valence-electron chi connectivity index (χ2n) is 16.6. The lowest BCUT2D eigenvalue weighted by atomic mass is 9.90. The number of nitrogens with one attached hydrogen (secondary N) is 1. The van der Waals surface area contributed by atoms with Crippen LogP contribution >= 0.6 is 23.2 Å². The molecular weight excluding hydrogens is 848 g/mol. The zero-order valence-corrected chi connectivity index (χ0v) is 37.9. The highest BCUT2D eigenvalue weighted by molar-refractivity contribution is 7.92. The normalized spacial score (nSPS) is 12.0. The number of aliphatic hydroxyl groups excluding tert-OH is 2. The van der Waals surface area contributed by atoms with Gasteiger partial charge in [-0.05, 0) is 98.5 Å². The molecule has 0 aliphatic rings. The molecule has 0 radical (unpaired) electrons. The van der Waals surface area contributed by atoms with E-state index in [0.717, 1.165) is 45.3 Å². The minimum absolute atomic E-state index is 0.0538. The van der Waals surface area contributed by atoms with Gasteiger partial charge in [-0.2, -0.15) is 0 Å². The van der Waals surface area contributed by atoms with Crippen LogP contribution in [-0.4, -0.2) is 76.9 Å². The SMILES string of the molecule is CC(C)(C)c1cc(-c2cc(-c3ccc(C(=O)N(CCCO)CCCO)cc3Cl)c[n+](OC(C)(C)c3cc(-c4cncc(-c5ccc(NS(C)(=O)=O)cc5Cl)c4)ccn3)c2)ccn1. The van der Waals surface area contributed by atoms with Crippen molar-refractivity contribution >= 4 is 44.8 Å². The van der Waals surface area contributed by atoms with Gasteiger partial charge in [0.15, 0.2) is 0 Å². The molecule has 1 amide bonds. The maximum absolute atomic E-state index is 13.6. The van der Waals surface area contributed by atoms with Crippen LogP contribution in [0.4, 0.5) is 5.69 Å². The number of rotatable bonds is 16. The van der Waals surface area contributed by atoms with Gasteiger partial charge < -0.3 is 15.1 Å². The molecule has 6 aromatic rings. The van der Waals surface area contributed by atoms with E-state index in [9.17, 15) is 23.4 Å². The van der Waals surface area contributed by atoms with Crippen molar-refractivity contribution in [2.75, 3.05) is 37.3 Å². The van der Waals surface area contributed by atoms with Gasteiger partial charge in [-0.3, -0.25) is 29.3 Å². The summed E-state index contributed by atoms with van der Waals surface area (Å²) in [4.78, 5) is 35.8. The fourth-order valence-electron chi connectivity index (χ4n) is 6.86. The lowest BCUT2D eigenvalue weighted by Gasteiger charge is -2.22. The number of anilines is 1. The van der Waals surface area contributed by atoms with Crippen molar-refractivity contribution < 1.29 is 33.0 Å². The van der Waals surface area contributed by atoms with E-state index in [1.165, 1.54) is 0 Å². The first-order valence-electron chi connectivity index (χ1n) is 20.1. The lowest BCUT2D eigenvalue weighted by molar-refractivity contribution is -0.908. The van der Waals surface area contributed by atoms with Crippen LogP contribution in [0, 0.1) is 0 Å². The number of carbonyl (C=O) groups excluding carboxylic acids is 1. The molecule has 0 aliphatic heterocycles. The molecule has 0 fully saturated rings. The van der Waals surface area contributed by atoms with Crippen molar-refractivity contribution in [1.82, 2.24) is 19.9 Å². The third-order valence-corrected chi connectivity index (χ3v) is 11.3. The van der Waals surface area contributed by atoms with Crippen LogP contribution in [0.5, 0.6) is 0 Å². The third kappa shape index (κ3) is 11.5. The van der Waals surface area contributed by atoms with Crippen LogP contribution in [0.3, 0.4) is 0 Å². The van der Waals surface area contributed by atoms with E-state index in [0.29, 0.717) is 64.0 Å². The largest absolute Gasteiger partial charge is 0.396 e. The van der Waals surface area contributed by atoms with Crippen molar-refractivity contribution in [2.45, 2.75) is 58.5 Å². The summed E-state index contributed by atoms with van der Waals surface area (Å²) in [5.74, 6) is -0.236. The van der Waals surface area contributed by atoms with Crippen LogP contribution in [-0.2, 0) is 21.0 Å². The molecule has 2 aromatic carbocycles. The van der Waals surface area contributed by atoms with E-state index >= 15 is 0 Å². The summed E-state index contributed by atoms with van der Waals surface area (Å²) in [5, 5.41) is 19.5. The Hall–Kier alpha value is -5.44. The van der Waals surface area contributed by atoms with E-state index in [1.807, 2.05) is 62.6 Å². The molecule has 0 unspecified atom stereocenters. The molecule has 0 bridgehead atoms. The van der Waals surface area contributed by atoms with E-state index in [1.54, 1.807) is 64.7 Å². The van der Waals surface area contributed by atoms with Gasteiger partial charge in [-0.15, -0.1) is 0 Å². The minimum atomic E-state index is -3.47. The number of sulfonamides is 1. The zero-order chi connectivity index (χ0) is 44.8. The van der Waals surface area contributed by atoms with Gasteiger partial charge in [0, 0.05) is 105 Å². The fraction of sp³-hybridized carbons (Fsp3) is 0.298. The highest BCUT2D eigenvalue weighted by atomic mass is 35.5. The Kier molecular flexibility index (Phi) is 14.3. The number of hydrogen-bond acceptors (Lipinski definition) is 9. The van der Waals surface area contributed by atoms with Crippen molar-refractivity contribution in [2.24, 2.45) is 0 Å². The van der Waals surface area contributed by atoms with Crippen LogP contribution in [0.2, 0.25) is 10.0 Å². The minimum Gasteiger partial charge on any atom is -0.396 e. The Labute approximate surface area is 373 Å². The standard InChI is InChI=1S/C47H51Cl2N6O6S/c1-46(2,3)43-24-32(14-15-51-43)36-22-37(40-11-9-33(23-41(40)48)45(58)54(17-7-19-56)18-8-20-57)30-55(29-36)61-47(4,5)44-25-31(13-16-52-44)34-21-35(28-50-27-34)39-12-10-38(26-42(39)49)53-62(6,59)60/h9-16,21-30,53,56-57H,7-8,17-20H2,1-6H3/q+1. The summed E-state index contributed by atoms with van der Waals surface area (Å²) in [5.41, 5.74) is 7.39. The van der Waals surface area contributed by atoms with E-state index < -0.39 is 15.6 Å². The Balaban J connectivity index is 1.35. The summed E-state index contributed by atoms with van der Waals surface area (Å²) >= 11 is 13.6. The first-order chi connectivity index (χ1) is 29.3. The van der Waals surface area contributed by atoms with Crippen LogP contribution in [0.15, 0.2) is 110 Å². The quantitative estimate of drug-likeness (QED) is 0.0812. The number of nitrogens with zero attached hydrogens (tertiary/aromatic N) is 5. The average molecular weight is 899 g/mol. The summed E-state index contributed by atoms with van der Waals surface area (Å²) in [6, 6.07) is 22.0. The maximum atomic E-state index is 13.6. The number of aliphatic hydroxyl groups is 2. The Morgan fingerprint density at radius 2 is 1.29 bits per heavy atom. The van der Waals surface area contributed by atoms with Gasteiger partial charge in [-0.25, -0.2) is 8.42 Å². The van der Waals surface area contributed by atoms with Gasteiger partial charge in [0.1, 0.15) is 0 Å². The molecule has 4 heterocycles. The first kappa shape index (κ1) is 46.1. The number of carbonyl (C=O) groups is 1. The maximum Gasteiger partial charge on any atom is 0.253 e. The molecule has 0 aliphatic carbocycles. The predicted molar refractivity (Wildman–Crippen MR) is 244 cm³/mol. The molecule has 4 aromatic heterocycles. The van der Waals surface area contributed by atoms with Gasteiger partial charge in [0.25, 0.3) is 5.91 Å². The summed E-state index contributed by atoms with van der Waals surface area (Å²) in [7, 11) is -3.47. The topological polar surface area (TPSA) is 159 Å². The molecule has 15 heteroatoms. The van der Waals surface area contributed by atoms with Crippen LogP contribution in [0.1, 0.15) is 69.2 Å². The molecule has 12 nitrogen and oxygen atoms in total. The number of pyridine rings is 4. The predicted octanol–water partition coefficient (Wildman–Crippen LogP) is 8.37. The molecular formula is C47H51Cl2N6O6S+. The smallest absolute Gasteiger partial charge is 0.253 e. The van der Waals surface area contributed by atoms with Gasteiger partial charge in [0.05, 0.1) is 28.1 Å². The average Bonchev–Trinajstić information content (AvgIpc) is 3.22. The molecule has 6 rings (SSSR count). The number of benzene rings is 2.